The van der Waals surface area contributed by atoms with Crippen LogP contribution in [-0.2, 0) is 0 Å². The number of aromatic nitrogens is 2. The van der Waals surface area contributed by atoms with Crippen molar-refractivity contribution in [3.05, 3.63) is 42.2 Å². The van der Waals surface area contributed by atoms with Crippen LogP contribution in [0.1, 0.15) is 23.2 Å². The highest BCUT2D eigenvalue weighted by Gasteiger charge is 2.23. The number of urea groups is 1. The minimum atomic E-state index is -0.0838. The Labute approximate surface area is 177 Å². The molecule has 0 unspecified atom stereocenters. The normalized spacial score (nSPS) is 16.0. The van der Waals surface area contributed by atoms with Crippen molar-refractivity contribution in [2.24, 2.45) is 0 Å². The first kappa shape index (κ1) is 21.4. The number of hydrogen-bond acceptors (Lipinski definition) is 6. The van der Waals surface area contributed by atoms with E-state index in [1.165, 1.54) is 0 Å². The van der Waals surface area contributed by atoms with Gasteiger partial charge < -0.3 is 25.3 Å². The zero-order valence-corrected chi connectivity index (χ0v) is 17.9. The van der Waals surface area contributed by atoms with Gasteiger partial charge in [0, 0.05) is 58.6 Å². The van der Waals surface area contributed by atoms with Crippen LogP contribution in [0.2, 0.25) is 0 Å². The lowest BCUT2D eigenvalue weighted by atomic mass is 10.1. The van der Waals surface area contributed by atoms with E-state index in [-0.39, 0.29) is 18.0 Å². The summed E-state index contributed by atoms with van der Waals surface area (Å²) >= 11 is 0. The third-order valence-corrected chi connectivity index (χ3v) is 4.91. The minimum Gasteiger partial charge on any atom is -0.353 e. The third kappa shape index (κ3) is 5.37. The fraction of sp³-hybridized carbons (Fsp3) is 0.429. The Bertz CT molecular complexity index is 883. The van der Waals surface area contributed by atoms with Gasteiger partial charge in [-0.05, 0) is 37.1 Å². The molecule has 1 fully saturated rings. The molecule has 9 heteroatoms. The average molecular weight is 412 g/mol. The highest BCUT2D eigenvalue weighted by Crippen LogP contribution is 2.21. The van der Waals surface area contributed by atoms with Crippen molar-refractivity contribution in [1.29, 1.82) is 0 Å². The maximum atomic E-state index is 12.0. The Morgan fingerprint density at radius 2 is 1.80 bits per heavy atom. The van der Waals surface area contributed by atoms with E-state index in [1.807, 2.05) is 12.1 Å². The van der Waals surface area contributed by atoms with Crippen LogP contribution >= 0.6 is 0 Å². The number of carbonyl (C=O) groups excluding carboxylic acids is 2. The number of benzene rings is 1. The SMILES string of the molecule is CN(C)C(=O)N[C@@H]1CCCN(c2cncc(Nc3ccc(C(=O)N(C)C)cc3)n2)C1. The first-order valence-electron chi connectivity index (χ1n) is 9.97. The predicted octanol–water partition coefficient (Wildman–Crippen LogP) is 2.16. The molecule has 1 aliphatic rings. The van der Waals surface area contributed by atoms with Crippen LogP contribution in [-0.4, -0.2) is 79.0 Å². The molecule has 2 aromatic rings. The van der Waals surface area contributed by atoms with Crippen molar-refractivity contribution in [2.45, 2.75) is 18.9 Å². The number of anilines is 3. The molecule has 160 valence electrons. The second-order valence-corrected chi connectivity index (χ2v) is 7.79. The molecule has 2 heterocycles. The van der Waals surface area contributed by atoms with E-state index in [0.717, 1.165) is 30.9 Å². The van der Waals surface area contributed by atoms with Crippen molar-refractivity contribution < 1.29 is 9.59 Å². The van der Waals surface area contributed by atoms with Gasteiger partial charge in [0.15, 0.2) is 5.82 Å². The number of amides is 3. The topological polar surface area (TPSA) is 93.7 Å². The molecule has 1 saturated heterocycles. The molecule has 1 aromatic carbocycles. The van der Waals surface area contributed by atoms with E-state index in [9.17, 15) is 9.59 Å². The summed E-state index contributed by atoms with van der Waals surface area (Å²) in [4.78, 5) is 38.2. The highest BCUT2D eigenvalue weighted by molar-refractivity contribution is 5.94. The third-order valence-electron chi connectivity index (χ3n) is 4.91. The van der Waals surface area contributed by atoms with E-state index in [2.05, 4.69) is 25.5 Å². The van der Waals surface area contributed by atoms with Gasteiger partial charge >= 0.3 is 6.03 Å². The summed E-state index contributed by atoms with van der Waals surface area (Å²) < 4.78 is 0. The van der Waals surface area contributed by atoms with Crippen LogP contribution in [0, 0.1) is 0 Å². The van der Waals surface area contributed by atoms with Crippen LogP contribution in [0.5, 0.6) is 0 Å². The molecule has 2 N–H and O–H groups in total. The lowest BCUT2D eigenvalue weighted by molar-refractivity contribution is 0.0827. The van der Waals surface area contributed by atoms with Crippen molar-refractivity contribution in [3.8, 4) is 0 Å². The molecule has 0 saturated carbocycles. The van der Waals surface area contributed by atoms with Gasteiger partial charge in [0.25, 0.3) is 5.91 Å². The molecule has 1 aliphatic heterocycles. The molecule has 3 amide bonds. The van der Waals surface area contributed by atoms with Gasteiger partial charge in [0.05, 0.1) is 12.4 Å². The lowest BCUT2D eigenvalue weighted by Crippen LogP contribution is -2.50. The van der Waals surface area contributed by atoms with E-state index in [0.29, 0.717) is 17.9 Å². The van der Waals surface area contributed by atoms with Crippen LogP contribution in [0.4, 0.5) is 22.1 Å². The van der Waals surface area contributed by atoms with Gasteiger partial charge in [0.1, 0.15) is 5.82 Å². The molecular formula is C21H29N7O2. The largest absolute Gasteiger partial charge is 0.353 e. The van der Waals surface area contributed by atoms with Gasteiger partial charge in [-0.25, -0.2) is 9.78 Å². The summed E-state index contributed by atoms with van der Waals surface area (Å²) in [6, 6.07) is 7.25. The number of nitrogens with zero attached hydrogens (tertiary/aromatic N) is 5. The van der Waals surface area contributed by atoms with Crippen LogP contribution in [0.3, 0.4) is 0 Å². The van der Waals surface area contributed by atoms with E-state index < -0.39 is 0 Å². The standard InChI is InChI=1S/C21H29N7O2/c1-26(2)20(29)15-7-9-16(10-8-15)23-18-12-22-13-19(25-18)28-11-5-6-17(14-28)24-21(30)27(3)4/h7-10,12-13,17H,5-6,11,14H2,1-4H3,(H,23,25)(H,24,30)/t17-/m1/s1. The first-order chi connectivity index (χ1) is 14.3. The monoisotopic (exact) mass is 411 g/mol. The molecule has 0 spiro atoms. The van der Waals surface area contributed by atoms with Crippen LogP contribution in [0.15, 0.2) is 36.7 Å². The molecule has 1 atom stereocenters. The minimum absolute atomic E-state index is 0.0376. The molecule has 0 bridgehead atoms. The summed E-state index contributed by atoms with van der Waals surface area (Å²) in [5.74, 6) is 1.35. The van der Waals surface area contributed by atoms with Gasteiger partial charge in [-0.3, -0.25) is 9.78 Å². The number of piperidine rings is 1. The van der Waals surface area contributed by atoms with Gasteiger partial charge in [-0.1, -0.05) is 0 Å². The van der Waals surface area contributed by atoms with E-state index in [4.69, 9.17) is 0 Å². The Morgan fingerprint density at radius 3 is 2.47 bits per heavy atom. The summed E-state index contributed by atoms with van der Waals surface area (Å²) in [7, 11) is 6.93. The second kappa shape index (κ2) is 9.43. The molecule has 3 rings (SSSR count). The number of rotatable bonds is 5. The fourth-order valence-electron chi connectivity index (χ4n) is 3.28. The van der Waals surface area contributed by atoms with E-state index in [1.54, 1.807) is 62.5 Å². The number of carbonyl (C=O) groups is 2. The quantitative estimate of drug-likeness (QED) is 0.783. The van der Waals surface area contributed by atoms with Gasteiger partial charge in [-0.15, -0.1) is 0 Å². The maximum absolute atomic E-state index is 12.0. The Kier molecular flexibility index (Phi) is 6.71. The van der Waals surface area contributed by atoms with Gasteiger partial charge in [-0.2, -0.15) is 0 Å². The summed E-state index contributed by atoms with van der Waals surface area (Å²) in [6.07, 6.45) is 5.32. The molecule has 30 heavy (non-hydrogen) atoms. The number of nitrogens with one attached hydrogen (secondary N) is 2. The predicted molar refractivity (Wildman–Crippen MR) is 117 cm³/mol. The van der Waals surface area contributed by atoms with Crippen molar-refractivity contribution >= 4 is 29.3 Å². The second-order valence-electron chi connectivity index (χ2n) is 7.79. The molecule has 1 aromatic heterocycles. The maximum Gasteiger partial charge on any atom is 0.317 e. The molecular weight excluding hydrogens is 382 g/mol. The summed E-state index contributed by atoms with van der Waals surface area (Å²) in [6.45, 7) is 1.56. The van der Waals surface area contributed by atoms with Crippen molar-refractivity contribution in [2.75, 3.05) is 51.5 Å². The van der Waals surface area contributed by atoms with Crippen LogP contribution in [0.25, 0.3) is 0 Å². The van der Waals surface area contributed by atoms with Crippen molar-refractivity contribution in [3.63, 3.8) is 0 Å². The smallest absolute Gasteiger partial charge is 0.317 e. The molecule has 0 aliphatic carbocycles. The van der Waals surface area contributed by atoms with Gasteiger partial charge in [0.2, 0.25) is 0 Å². The Morgan fingerprint density at radius 1 is 1.07 bits per heavy atom. The highest BCUT2D eigenvalue weighted by atomic mass is 16.2. The summed E-state index contributed by atoms with van der Waals surface area (Å²) in [5.41, 5.74) is 1.45. The average Bonchev–Trinajstić information content (AvgIpc) is 2.74. The molecule has 9 nitrogen and oxygen atoms in total. The summed E-state index contributed by atoms with van der Waals surface area (Å²) in [5, 5.41) is 6.28. The molecule has 0 radical (unpaired) electrons. The lowest BCUT2D eigenvalue weighted by Gasteiger charge is -2.34. The zero-order valence-electron chi connectivity index (χ0n) is 17.9. The Balaban J connectivity index is 1.66. The zero-order chi connectivity index (χ0) is 21.7. The fourth-order valence-corrected chi connectivity index (χ4v) is 3.28. The number of hydrogen-bond donors (Lipinski definition) is 2. The van der Waals surface area contributed by atoms with E-state index >= 15 is 0 Å². The first-order valence-corrected chi connectivity index (χ1v) is 9.97. The van der Waals surface area contributed by atoms with Crippen LogP contribution < -0.4 is 15.5 Å². The van der Waals surface area contributed by atoms with Crippen molar-refractivity contribution in [1.82, 2.24) is 25.1 Å². The Hall–Kier alpha value is -3.36.